The molecule has 4 nitrogen and oxygen atoms in total. The average Bonchev–Trinajstić information content (AvgIpc) is 2.91. The van der Waals surface area contributed by atoms with E-state index in [1.165, 1.54) is 11.3 Å². The molecule has 76 valence electrons. The number of hydrogen-bond acceptors (Lipinski definition) is 4. The van der Waals surface area contributed by atoms with Gasteiger partial charge in [0.25, 0.3) is 0 Å². The summed E-state index contributed by atoms with van der Waals surface area (Å²) >= 11 is 1.50. The number of carboxylic acid groups (broad SMARTS) is 1. The second kappa shape index (κ2) is 3.00. The van der Waals surface area contributed by atoms with Crippen LogP contribution in [0.15, 0.2) is 18.3 Å². The number of hydrogen-bond donors (Lipinski definition) is 1. The Labute approximate surface area is 89.6 Å². The second-order valence-electron chi connectivity index (χ2n) is 3.67. The van der Waals surface area contributed by atoms with Crippen LogP contribution in [0.1, 0.15) is 17.3 Å². The van der Waals surface area contributed by atoms with Crippen LogP contribution in [-0.2, 0) is 4.79 Å². The summed E-state index contributed by atoms with van der Waals surface area (Å²) < 4.78 is 0. The maximum absolute atomic E-state index is 10.7. The lowest BCUT2D eigenvalue weighted by Crippen LogP contribution is -1.98. The van der Waals surface area contributed by atoms with E-state index in [9.17, 15) is 4.79 Å². The third-order valence-corrected chi connectivity index (χ3v) is 3.72. The number of rotatable bonds is 2. The van der Waals surface area contributed by atoms with Gasteiger partial charge in [-0.1, -0.05) is 11.3 Å². The van der Waals surface area contributed by atoms with E-state index in [4.69, 9.17) is 5.11 Å². The number of carbonyl (C=O) groups is 1. The van der Waals surface area contributed by atoms with Crippen LogP contribution in [0.25, 0.3) is 10.3 Å². The summed E-state index contributed by atoms with van der Waals surface area (Å²) in [6.45, 7) is 0. The van der Waals surface area contributed by atoms with Crippen LogP contribution in [0.5, 0.6) is 0 Å². The highest BCUT2D eigenvalue weighted by atomic mass is 32.1. The molecule has 1 aliphatic rings. The Bertz CT molecular complexity index is 504. The van der Waals surface area contributed by atoms with Gasteiger partial charge in [-0.05, 0) is 18.6 Å². The molecule has 0 aliphatic heterocycles. The van der Waals surface area contributed by atoms with Gasteiger partial charge in [0.05, 0.1) is 10.9 Å². The molecule has 15 heavy (non-hydrogen) atoms. The van der Waals surface area contributed by atoms with Gasteiger partial charge in [-0.25, -0.2) is 9.97 Å². The first kappa shape index (κ1) is 8.79. The van der Waals surface area contributed by atoms with Gasteiger partial charge in [0, 0.05) is 12.1 Å². The minimum atomic E-state index is -0.716. The minimum absolute atomic E-state index is 0.113. The molecule has 1 fully saturated rings. The third-order valence-electron chi connectivity index (χ3n) is 2.61. The third kappa shape index (κ3) is 1.39. The molecule has 0 bridgehead atoms. The van der Waals surface area contributed by atoms with E-state index in [1.54, 1.807) is 6.20 Å². The summed E-state index contributed by atoms with van der Waals surface area (Å²) in [6, 6.07) is 3.74. The van der Waals surface area contributed by atoms with E-state index in [1.807, 2.05) is 12.1 Å². The summed E-state index contributed by atoms with van der Waals surface area (Å²) in [5.41, 5.74) is 0.869. The lowest BCUT2D eigenvalue weighted by atomic mass is 10.3. The van der Waals surface area contributed by atoms with E-state index >= 15 is 0 Å². The lowest BCUT2D eigenvalue weighted by Gasteiger charge is -1.87. The molecular weight excluding hydrogens is 212 g/mol. The highest BCUT2D eigenvalue weighted by Crippen LogP contribution is 2.49. The van der Waals surface area contributed by atoms with Gasteiger partial charge < -0.3 is 5.11 Å². The Balaban J connectivity index is 1.97. The van der Waals surface area contributed by atoms with Crippen LogP contribution in [0.4, 0.5) is 0 Å². The van der Waals surface area contributed by atoms with E-state index in [-0.39, 0.29) is 11.8 Å². The molecule has 2 unspecified atom stereocenters. The fraction of sp³-hybridized carbons (Fsp3) is 0.300. The molecule has 0 saturated heterocycles. The maximum Gasteiger partial charge on any atom is 0.307 e. The van der Waals surface area contributed by atoms with Gasteiger partial charge in [-0.2, -0.15) is 0 Å². The van der Waals surface area contributed by atoms with Crippen molar-refractivity contribution in [3.05, 3.63) is 23.3 Å². The predicted molar refractivity (Wildman–Crippen MR) is 55.9 cm³/mol. The smallest absolute Gasteiger partial charge is 0.307 e. The first-order valence-corrected chi connectivity index (χ1v) is 5.51. The molecule has 3 rings (SSSR count). The Morgan fingerprint density at radius 1 is 1.60 bits per heavy atom. The zero-order valence-electron chi connectivity index (χ0n) is 7.75. The van der Waals surface area contributed by atoms with Crippen molar-refractivity contribution in [3.63, 3.8) is 0 Å². The Kier molecular flexibility index (Phi) is 1.76. The van der Waals surface area contributed by atoms with E-state index in [0.717, 1.165) is 21.8 Å². The molecule has 1 saturated carbocycles. The zero-order chi connectivity index (χ0) is 10.4. The normalized spacial score (nSPS) is 24.3. The molecule has 1 N–H and O–H groups in total. The molecule has 2 heterocycles. The van der Waals surface area contributed by atoms with Crippen LogP contribution in [0.2, 0.25) is 0 Å². The van der Waals surface area contributed by atoms with Gasteiger partial charge in [-0.3, -0.25) is 4.79 Å². The van der Waals surface area contributed by atoms with Gasteiger partial charge in [-0.15, -0.1) is 0 Å². The summed E-state index contributed by atoms with van der Waals surface area (Å²) in [5, 5.41) is 9.73. The highest BCUT2D eigenvalue weighted by Gasteiger charge is 2.46. The summed E-state index contributed by atoms with van der Waals surface area (Å²) in [5.74, 6) is -0.834. The van der Waals surface area contributed by atoms with Gasteiger partial charge >= 0.3 is 5.97 Å². The molecule has 0 aromatic carbocycles. The lowest BCUT2D eigenvalue weighted by molar-refractivity contribution is -0.138. The molecule has 0 spiro atoms. The van der Waals surface area contributed by atoms with E-state index < -0.39 is 5.97 Å². The number of thiazole rings is 1. The number of aliphatic carboxylic acids is 1. The monoisotopic (exact) mass is 220 g/mol. The summed E-state index contributed by atoms with van der Waals surface area (Å²) in [7, 11) is 0. The van der Waals surface area contributed by atoms with Crippen LogP contribution in [-0.4, -0.2) is 21.0 Å². The van der Waals surface area contributed by atoms with Crippen molar-refractivity contribution >= 4 is 27.7 Å². The van der Waals surface area contributed by atoms with Crippen LogP contribution in [0, 0.1) is 5.92 Å². The second-order valence-corrected chi connectivity index (χ2v) is 4.68. The fourth-order valence-electron chi connectivity index (χ4n) is 1.69. The van der Waals surface area contributed by atoms with Crippen LogP contribution >= 0.6 is 11.3 Å². The van der Waals surface area contributed by atoms with Crippen LogP contribution < -0.4 is 0 Å². The average molecular weight is 220 g/mol. The summed E-state index contributed by atoms with van der Waals surface area (Å²) in [4.78, 5) is 20.2. The number of carboxylic acids is 1. The van der Waals surface area contributed by atoms with Crippen molar-refractivity contribution in [2.45, 2.75) is 12.3 Å². The SMILES string of the molecule is O=C(O)C1CC1c1nc2cccnc2s1. The molecule has 0 amide bonds. The van der Waals surface area contributed by atoms with Crippen molar-refractivity contribution in [2.75, 3.05) is 0 Å². The molecule has 5 heteroatoms. The van der Waals surface area contributed by atoms with Crippen molar-refractivity contribution in [1.82, 2.24) is 9.97 Å². The molecule has 2 aromatic heterocycles. The van der Waals surface area contributed by atoms with Gasteiger partial charge in [0.15, 0.2) is 0 Å². The van der Waals surface area contributed by atoms with Gasteiger partial charge in [0.1, 0.15) is 10.3 Å². The van der Waals surface area contributed by atoms with Crippen molar-refractivity contribution < 1.29 is 9.90 Å². The maximum atomic E-state index is 10.7. The largest absolute Gasteiger partial charge is 0.481 e. The standard InChI is InChI=1S/C10H8N2O2S/c13-10(14)6-4-5(6)8-12-7-2-1-3-11-9(7)15-8/h1-3,5-6H,4H2,(H,13,14). The number of pyridine rings is 1. The number of nitrogens with zero attached hydrogens (tertiary/aromatic N) is 2. The Hall–Kier alpha value is -1.49. The minimum Gasteiger partial charge on any atom is -0.481 e. The summed E-state index contributed by atoms with van der Waals surface area (Å²) in [6.07, 6.45) is 2.45. The number of fused-ring (bicyclic) bond motifs is 1. The van der Waals surface area contributed by atoms with Crippen molar-refractivity contribution in [2.24, 2.45) is 5.92 Å². The zero-order valence-corrected chi connectivity index (χ0v) is 8.57. The fourth-order valence-corrected chi connectivity index (χ4v) is 2.77. The molecule has 2 atom stereocenters. The van der Waals surface area contributed by atoms with Crippen molar-refractivity contribution in [3.8, 4) is 0 Å². The van der Waals surface area contributed by atoms with E-state index in [2.05, 4.69) is 9.97 Å². The first-order valence-electron chi connectivity index (χ1n) is 4.70. The molecule has 2 aromatic rings. The first-order chi connectivity index (χ1) is 7.25. The number of aromatic nitrogens is 2. The van der Waals surface area contributed by atoms with Crippen molar-refractivity contribution in [1.29, 1.82) is 0 Å². The molecule has 1 aliphatic carbocycles. The Morgan fingerprint density at radius 3 is 3.13 bits per heavy atom. The quantitative estimate of drug-likeness (QED) is 0.839. The molecule has 0 radical (unpaired) electrons. The molecular formula is C10H8N2O2S. The van der Waals surface area contributed by atoms with Gasteiger partial charge in [0.2, 0.25) is 0 Å². The predicted octanol–water partition coefficient (Wildman–Crippen LogP) is 1.88. The van der Waals surface area contributed by atoms with E-state index in [0.29, 0.717) is 0 Å². The Morgan fingerprint density at radius 2 is 2.47 bits per heavy atom. The highest BCUT2D eigenvalue weighted by molar-refractivity contribution is 7.18. The topological polar surface area (TPSA) is 63.1 Å². The van der Waals surface area contributed by atoms with Crippen LogP contribution in [0.3, 0.4) is 0 Å².